The number of hydrogen-bond donors (Lipinski definition) is 0. The molecule has 0 aliphatic carbocycles. The van der Waals surface area contributed by atoms with Gasteiger partial charge in [-0.25, -0.2) is 0 Å². The lowest BCUT2D eigenvalue weighted by Crippen LogP contribution is -2.27. The van der Waals surface area contributed by atoms with Crippen molar-refractivity contribution in [3.05, 3.63) is 16.6 Å². The fraction of sp³-hybridized carbons (Fsp3) is 0.444. The summed E-state index contributed by atoms with van der Waals surface area (Å²) in [6.07, 6.45) is 2.68. The normalized spacial score (nSPS) is 16.7. The summed E-state index contributed by atoms with van der Waals surface area (Å²) in [5.41, 5.74) is 1.77. The van der Waals surface area contributed by atoms with Crippen molar-refractivity contribution in [3.8, 4) is 0 Å². The van der Waals surface area contributed by atoms with Crippen molar-refractivity contribution in [2.75, 3.05) is 13.1 Å². The van der Waals surface area contributed by atoms with Gasteiger partial charge in [0.2, 0.25) is 5.91 Å². The number of likely N-dealkylation sites (tertiary alicyclic amines) is 1. The van der Waals surface area contributed by atoms with Gasteiger partial charge < -0.3 is 4.90 Å². The minimum absolute atomic E-state index is 0.0271. The maximum Gasteiger partial charge on any atom is 0.230 e. The molecule has 14 heavy (non-hydrogen) atoms. The van der Waals surface area contributed by atoms with E-state index in [1.54, 1.807) is 27.9 Å². The highest BCUT2D eigenvalue weighted by Crippen LogP contribution is 2.10. The molecule has 0 N–H and O–H groups in total. The first-order chi connectivity index (χ1) is 6.75. The van der Waals surface area contributed by atoms with Crippen LogP contribution in [-0.4, -0.2) is 34.7 Å². The predicted molar refractivity (Wildman–Crippen MR) is 52.0 cm³/mol. The van der Waals surface area contributed by atoms with Crippen LogP contribution in [0, 0.1) is 0 Å². The van der Waals surface area contributed by atoms with E-state index in [2.05, 4.69) is 4.98 Å². The SMILES string of the molecule is O=C1CC(=O)N(CCc2cncs2)C1. The Balaban J connectivity index is 1.87. The molecule has 1 aliphatic heterocycles. The smallest absolute Gasteiger partial charge is 0.230 e. The molecule has 1 aromatic heterocycles. The van der Waals surface area contributed by atoms with Gasteiger partial charge in [-0.15, -0.1) is 11.3 Å². The van der Waals surface area contributed by atoms with E-state index in [-0.39, 0.29) is 24.7 Å². The molecule has 74 valence electrons. The van der Waals surface area contributed by atoms with Gasteiger partial charge in [0.05, 0.1) is 18.5 Å². The third kappa shape index (κ3) is 1.98. The molecule has 2 heterocycles. The molecule has 0 saturated carbocycles. The van der Waals surface area contributed by atoms with Crippen molar-refractivity contribution < 1.29 is 9.59 Å². The molecule has 1 aliphatic rings. The fourth-order valence-electron chi connectivity index (χ4n) is 1.45. The molecule has 1 amide bonds. The van der Waals surface area contributed by atoms with Crippen LogP contribution in [0.3, 0.4) is 0 Å². The molecule has 4 nitrogen and oxygen atoms in total. The van der Waals surface area contributed by atoms with Crippen molar-refractivity contribution >= 4 is 23.0 Å². The topological polar surface area (TPSA) is 50.3 Å². The van der Waals surface area contributed by atoms with Gasteiger partial charge in [-0.05, 0) is 0 Å². The van der Waals surface area contributed by atoms with Crippen LogP contribution in [0.4, 0.5) is 0 Å². The minimum atomic E-state index is -0.0421. The highest BCUT2D eigenvalue weighted by Gasteiger charge is 2.26. The molecule has 5 heteroatoms. The third-order valence-corrected chi connectivity index (χ3v) is 3.02. The Labute approximate surface area is 85.6 Å². The monoisotopic (exact) mass is 210 g/mol. The van der Waals surface area contributed by atoms with Gasteiger partial charge in [-0.1, -0.05) is 0 Å². The van der Waals surface area contributed by atoms with Gasteiger partial charge in [0.15, 0.2) is 5.78 Å². The molecule has 1 saturated heterocycles. The molecular formula is C9H10N2O2S. The van der Waals surface area contributed by atoms with Gasteiger partial charge in [-0.2, -0.15) is 0 Å². The number of rotatable bonds is 3. The van der Waals surface area contributed by atoms with E-state index in [9.17, 15) is 9.59 Å². The van der Waals surface area contributed by atoms with Crippen LogP contribution in [0.5, 0.6) is 0 Å². The van der Waals surface area contributed by atoms with Gasteiger partial charge in [0, 0.05) is 24.0 Å². The van der Waals surface area contributed by atoms with Crippen LogP contribution >= 0.6 is 11.3 Å². The number of thiazole rings is 1. The maximum atomic E-state index is 11.2. The quantitative estimate of drug-likeness (QED) is 0.682. The second kappa shape index (κ2) is 3.88. The Kier molecular flexibility index (Phi) is 2.58. The molecule has 0 bridgehead atoms. The highest BCUT2D eigenvalue weighted by atomic mass is 32.1. The van der Waals surface area contributed by atoms with Crippen LogP contribution in [0.15, 0.2) is 11.7 Å². The zero-order valence-corrected chi connectivity index (χ0v) is 8.42. The zero-order valence-electron chi connectivity index (χ0n) is 7.60. The summed E-state index contributed by atoms with van der Waals surface area (Å²) in [5, 5.41) is 0. The lowest BCUT2D eigenvalue weighted by Gasteiger charge is -2.12. The lowest BCUT2D eigenvalue weighted by molar-refractivity contribution is -0.127. The lowest BCUT2D eigenvalue weighted by atomic mass is 10.3. The Morgan fingerprint density at radius 2 is 2.36 bits per heavy atom. The van der Waals surface area contributed by atoms with Crippen molar-refractivity contribution in [2.24, 2.45) is 0 Å². The van der Waals surface area contributed by atoms with E-state index in [1.807, 2.05) is 0 Å². The van der Waals surface area contributed by atoms with Gasteiger partial charge >= 0.3 is 0 Å². The second-order valence-electron chi connectivity index (χ2n) is 3.25. The molecule has 0 aromatic carbocycles. The summed E-state index contributed by atoms with van der Waals surface area (Å²) in [5.74, 6) is -0.0150. The molecule has 1 fully saturated rings. The number of carbonyl (C=O) groups excluding carboxylic acids is 2. The van der Waals surface area contributed by atoms with Crippen LogP contribution < -0.4 is 0 Å². The first-order valence-corrected chi connectivity index (χ1v) is 5.30. The zero-order chi connectivity index (χ0) is 9.97. The number of aromatic nitrogens is 1. The average Bonchev–Trinajstić information content (AvgIpc) is 2.72. The Hall–Kier alpha value is -1.23. The van der Waals surface area contributed by atoms with Gasteiger partial charge in [-0.3, -0.25) is 14.6 Å². The molecule has 1 aromatic rings. The average molecular weight is 210 g/mol. The van der Waals surface area contributed by atoms with Gasteiger partial charge in [0.25, 0.3) is 0 Å². The summed E-state index contributed by atoms with van der Waals surface area (Å²) < 4.78 is 0. The van der Waals surface area contributed by atoms with Crippen LogP contribution in [-0.2, 0) is 16.0 Å². The summed E-state index contributed by atoms with van der Waals surface area (Å²) in [6, 6.07) is 0. The van der Waals surface area contributed by atoms with E-state index < -0.39 is 0 Å². The number of Topliss-reactive ketones (excluding diaryl/α,β-unsaturated/α-hetero) is 1. The first kappa shape index (κ1) is 9.33. The van der Waals surface area contributed by atoms with Crippen LogP contribution in [0.1, 0.15) is 11.3 Å². The minimum Gasteiger partial charge on any atom is -0.335 e. The fourth-order valence-corrected chi connectivity index (χ4v) is 2.04. The summed E-state index contributed by atoms with van der Waals surface area (Å²) >= 11 is 1.57. The second-order valence-corrected chi connectivity index (χ2v) is 4.22. The van der Waals surface area contributed by atoms with Gasteiger partial charge in [0.1, 0.15) is 0 Å². The number of ketones is 1. The van der Waals surface area contributed by atoms with Crippen molar-refractivity contribution in [3.63, 3.8) is 0 Å². The third-order valence-electron chi connectivity index (χ3n) is 2.18. The Morgan fingerprint density at radius 3 is 2.93 bits per heavy atom. The number of hydrogen-bond acceptors (Lipinski definition) is 4. The number of carbonyl (C=O) groups is 2. The van der Waals surface area contributed by atoms with Crippen molar-refractivity contribution in [1.29, 1.82) is 0 Å². The highest BCUT2D eigenvalue weighted by molar-refractivity contribution is 7.09. The number of amides is 1. The predicted octanol–water partition coefficient (Wildman–Crippen LogP) is 0.487. The summed E-state index contributed by atoms with van der Waals surface area (Å²) in [7, 11) is 0. The van der Waals surface area contributed by atoms with E-state index >= 15 is 0 Å². The van der Waals surface area contributed by atoms with Crippen molar-refractivity contribution in [1.82, 2.24) is 9.88 Å². The Morgan fingerprint density at radius 1 is 1.50 bits per heavy atom. The van der Waals surface area contributed by atoms with E-state index in [1.165, 1.54) is 0 Å². The molecule has 0 atom stereocenters. The number of nitrogens with zero attached hydrogens (tertiary/aromatic N) is 2. The Bertz CT molecular complexity index is 348. The summed E-state index contributed by atoms with van der Waals surface area (Å²) in [6.45, 7) is 0.921. The standard InChI is InChI=1S/C9H10N2O2S/c12-7-3-9(13)11(5-7)2-1-8-4-10-6-14-8/h4,6H,1-3,5H2. The van der Waals surface area contributed by atoms with Crippen LogP contribution in [0.2, 0.25) is 0 Å². The van der Waals surface area contributed by atoms with E-state index in [0.717, 1.165) is 11.3 Å². The molecule has 2 rings (SSSR count). The van der Waals surface area contributed by atoms with E-state index in [0.29, 0.717) is 6.54 Å². The largest absolute Gasteiger partial charge is 0.335 e. The molecule has 0 unspecified atom stereocenters. The maximum absolute atomic E-state index is 11.2. The van der Waals surface area contributed by atoms with E-state index in [4.69, 9.17) is 0 Å². The first-order valence-electron chi connectivity index (χ1n) is 4.42. The molecular weight excluding hydrogens is 200 g/mol. The molecule has 0 radical (unpaired) electrons. The summed E-state index contributed by atoms with van der Waals surface area (Å²) in [4.78, 5) is 28.9. The van der Waals surface area contributed by atoms with Crippen LogP contribution in [0.25, 0.3) is 0 Å². The molecule has 0 spiro atoms. The van der Waals surface area contributed by atoms with Crippen molar-refractivity contribution in [2.45, 2.75) is 12.8 Å².